The molecule has 0 aliphatic carbocycles. The summed E-state index contributed by atoms with van der Waals surface area (Å²) >= 11 is 1.66. The molecule has 1 aromatic heterocycles. The number of ether oxygens (including phenoxy) is 1. The minimum absolute atomic E-state index is 0.202. The Bertz CT molecular complexity index is 700. The number of aliphatic imine (C=N–C) groups is 1. The van der Waals surface area contributed by atoms with E-state index in [0.717, 1.165) is 35.2 Å². The van der Waals surface area contributed by atoms with Gasteiger partial charge in [-0.25, -0.2) is 4.98 Å². The molecule has 0 spiro atoms. The van der Waals surface area contributed by atoms with Gasteiger partial charge in [0.25, 0.3) is 0 Å². The predicted molar refractivity (Wildman–Crippen MR) is 103 cm³/mol. The van der Waals surface area contributed by atoms with E-state index in [2.05, 4.69) is 26.0 Å². The standard InChI is InChI=1S/C18H26N4O2S/c1-4-19-18(21-11-9-15-12-25-13(2)22-15)20-10-8-14-6-5-7-16(24-3)17(14)23/h5-7,12,23H,4,8-11H2,1-3H3,(H2,19,20,21). The van der Waals surface area contributed by atoms with Crippen LogP contribution in [0.15, 0.2) is 28.6 Å². The smallest absolute Gasteiger partial charge is 0.191 e. The highest BCUT2D eigenvalue weighted by Gasteiger charge is 2.07. The summed E-state index contributed by atoms with van der Waals surface area (Å²) in [5.74, 6) is 1.47. The third-order valence-corrected chi connectivity index (χ3v) is 4.46. The first-order valence-corrected chi connectivity index (χ1v) is 9.30. The fourth-order valence-electron chi connectivity index (χ4n) is 2.40. The molecule has 0 atom stereocenters. The number of aryl methyl sites for hydroxylation is 1. The van der Waals surface area contributed by atoms with Crippen molar-refractivity contribution in [1.29, 1.82) is 0 Å². The lowest BCUT2D eigenvalue weighted by molar-refractivity contribution is 0.370. The van der Waals surface area contributed by atoms with Crippen LogP contribution in [0.1, 0.15) is 23.2 Å². The monoisotopic (exact) mass is 362 g/mol. The summed E-state index contributed by atoms with van der Waals surface area (Å²) < 4.78 is 5.14. The van der Waals surface area contributed by atoms with Crippen molar-refractivity contribution >= 4 is 17.3 Å². The highest BCUT2D eigenvalue weighted by atomic mass is 32.1. The Labute approximate surface area is 153 Å². The van der Waals surface area contributed by atoms with Gasteiger partial charge in [0.1, 0.15) is 0 Å². The van der Waals surface area contributed by atoms with Gasteiger partial charge in [-0.15, -0.1) is 11.3 Å². The number of nitrogens with one attached hydrogen (secondary N) is 2. The van der Waals surface area contributed by atoms with Crippen molar-refractivity contribution < 1.29 is 9.84 Å². The molecule has 3 N–H and O–H groups in total. The van der Waals surface area contributed by atoms with Gasteiger partial charge in [0.2, 0.25) is 0 Å². The number of benzene rings is 1. The van der Waals surface area contributed by atoms with Crippen LogP contribution >= 0.6 is 11.3 Å². The van der Waals surface area contributed by atoms with E-state index in [9.17, 15) is 5.11 Å². The van der Waals surface area contributed by atoms with Crippen molar-refractivity contribution in [3.05, 3.63) is 39.8 Å². The molecule has 0 fully saturated rings. The van der Waals surface area contributed by atoms with Crippen molar-refractivity contribution in [3.8, 4) is 11.5 Å². The van der Waals surface area contributed by atoms with Gasteiger partial charge >= 0.3 is 0 Å². The van der Waals surface area contributed by atoms with Crippen molar-refractivity contribution in [1.82, 2.24) is 15.6 Å². The molecule has 1 heterocycles. The van der Waals surface area contributed by atoms with Gasteiger partial charge < -0.3 is 20.5 Å². The number of guanidine groups is 1. The van der Waals surface area contributed by atoms with Crippen LogP contribution in [0.25, 0.3) is 0 Å². The average molecular weight is 362 g/mol. The van der Waals surface area contributed by atoms with Crippen molar-refractivity contribution in [2.45, 2.75) is 26.7 Å². The van der Waals surface area contributed by atoms with Crippen molar-refractivity contribution in [3.63, 3.8) is 0 Å². The minimum atomic E-state index is 0.202. The molecule has 0 bridgehead atoms. The van der Waals surface area contributed by atoms with Crippen molar-refractivity contribution in [2.24, 2.45) is 4.99 Å². The molecule has 136 valence electrons. The van der Waals surface area contributed by atoms with Gasteiger partial charge in [-0.3, -0.25) is 4.99 Å². The fraction of sp³-hybridized carbons (Fsp3) is 0.444. The summed E-state index contributed by atoms with van der Waals surface area (Å²) in [5.41, 5.74) is 1.93. The minimum Gasteiger partial charge on any atom is -0.504 e. The summed E-state index contributed by atoms with van der Waals surface area (Å²) in [4.78, 5) is 9.03. The third-order valence-electron chi connectivity index (χ3n) is 3.64. The zero-order chi connectivity index (χ0) is 18.1. The van der Waals surface area contributed by atoms with Gasteiger partial charge in [0, 0.05) is 31.4 Å². The van der Waals surface area contributed by atoms with E-state index >= 15 is 0 Å². The van der Waals surface area contributed by atoms with Gasteiger partial charge in [-0.1, -0.05) is 12.1 Å². The molecule has 2 rings (SSSR count). The number of nitrogens with zero attached hydrogens (tertiary/aromatic N) is 2. The van der Waals surface area contributed by atoms with E-state index in [1.807, 2.05) is 26.0 Å². The lowest BCUT2D eigenvalue weighted by Gasteiger charge is -2.12. The molecule has 0 radical (unpaired) electrons. The molecule has 0 saturated heterocycles. The topological polar surface area (TPSA) is 78.8 Å². The number of para-hydroxylation sites is 1. The molecule has 1 aromatic carbocycles. The first-order valence-electron chi connectivity index (χ1n) is 8.42. The zero-order valence-electron chi connectivity index (χ0n) is 15.0. The molecule has 0 aliphatic rings. The summed E-state index contributed by atoms with van der Waals surface area (Å²) in [6, 6.07) is 5.52. The second kappa shape index (κ2) is 9.88. The van der Waals surface area contributed by atoms with Gasteiger partial charge in [0.05, 0.1) is 17.8 Å². The first-order chi connectivity index (χ1) is 12.1. The highest BCUT2D eigenvalue weighted by molar-refractivity contribution is 7.09. The number of aromatic nitrogens is 1. The van der Waals surface area contributed by atoms with Crippen molar-refractivity contribution in [2.75, 3.05) is 26.7 Å². The van der Waals surface area contributed by atoms with E-state index in [-0.39, 0.29) is 5.75 Å². The Morgan fingerprint density at radius 3 is 2.84 bits per heavy atom. The summed E-state index contributed by atoms with van der Waals surface area (Å²) in [6.07, 6.45) is 1.51. The molecular formula is C18H26N4O2S. The van der Waals surface area contributed by atoms with E-state index in [4.69, 9.17) is 4.74 Å². The van der Waals surface area contributed by atoms with Gasteiger partial charge in [0.15, 0.2) is 17.5 Å². The first kappa shape index (κ1) is 19.1. The molecule has 25 heavy (non-hydrogen) atoms. The molecule has 6 nitrogen and oxygen atoms in total. The maximum atomic E-state index is 10.1. The lowest BCUT2D eigenvalue weighted by atomic mass is 10.1. The van der Waals surface area contributed by atoms with Crippen LogP contribution in [0.2, 0.25) is 0 Å². The second-order valence-corrected chi connectivity index (χ2v) is 6.58. The number of hydrogen-bond donors (Lipinski definition) is 3. The Hall–Kier alpha value is -2.28. The molecule has 0 amide bonds. The number of phenols is 1. The molecular weight excluding hydrogens is 336 g/mol. The highest BCUT2D eigenvalue weighted by Crippen LogP contribution is 2.29. The van der Waals surface area contributed by atoms with Gasteiger partial charge in [-0.05, 0) is 31.9 Å². The quantitative estimate of drug-likeness (QED) is 0.497. The Balaban J connectivity index is 1.85. The normalized spacial score (nSPS) is 11.4. The Morgan fingerprint density at radius 2 is 2.16 bits per heavy atom. The zero-order valence-corrected chi connectivity index (χ0v) is 15.8. The van der Waals surface area contributed by atoms with E-state index < -0.39 is 0 Å². The average Bonchev–Trinajstić information content (AvgIpc) is 3.01. The summed E-state index contributed by atoms with van der Waals surface area (Å²) in [7, 11) is 1.55. The lowest BCUT2D eigenvalue weighted by Crippen LogP contribution is -2.38. The number of phenolic OH excluding ortho intramolecular Hbond substituents is 1. The second-order valence-electron chi connectivity index (χ2n) is 5.51. The predicted octanol–water partition coefficient (Wildman–Crippen LogP) is 2.51. The summed E-state index contributed by atoms with van der Waals surface area (Å²) in [6.45, 7) is 6.20. The largest absolute Gasteiger partial charge is 0.504 e. The molecule has 0 saturated carbocycles. The van der Waals surface area contributed by atoms with Crippen LogP contribution in [0.4, 0.5) is 0 Å². The molecule has 0 unspecified atom stereocenters. The van der Waals surface area contributed by atoms with Crippen LogP contribution in [-0.4, -0.2) is 42.8 Å². The van der Waals surface area contributed by atoms with Crippen LogP contribution in [-0.2, 0) is 12.8 Å². The maximum Gasteiger partial charge on any atom is 0.191 e. The molecule has 2 aromatic rings. The van der Waals surface area contributed by atoms with E-state index in [1.54, 1.807) is 24.5 Å². The van der Waals surface area contributed by atoms with Crippen LogP contribution in [0, 0.1) is 6.92 Å². The Kier molecular flexibility index (Phi) is 7.53. The molecule has 7 heteroatoms. The van der Waals surface area contributed by atoms with Crippen LogP contribution in [0.5, 0.6) is 11.5 Å². The number of rotatable bonds is 8. The van der Waals surface area contributed by atoms with Crippen LogP contribution < -0.4 is 15.4 Å². The number of thiazole rings is 1. The number of hydrogen-bond acceptors (Lipinski definition) is 5. The van der Waals surface area contributed by atoms with E-state index in [1.165, 1.54) is 0 Å². The summed E-state index contributed by atoms with van der Waals surface area (Å²) in [5, 5.41) is 19.8. The van der Waals surface area contributed by atoms with E-state index in [0.29, 0.717) is 25.3 Å². The Morgan fingerprint density at radius 1 is 1.32 bits per heavy atom. The maximum absolute atomic E-state index is 10.1. The third kappa shape index (κ3) is 5.94. The fourth-order valence-corrected chi connectivity index (χ4v) is 3.04. The SMILES string of the molecule is CCNC(=NCCc1csc(C)n1)NCCc1cccc(OC)c1O. The molecule has 0 aliphatic heterocycles. The van der Waals surface area contributed by atoms with Gasteiger partial charge in [-0.2, -0.15) is 0 Å². The van der Waals surface area contributed by atoms with Crippen LogP contribution in [0.3, 0.4) is 0 Å². The number of methoxy groups -OCH3 is 1. The number of aromatic hydroxyl groups is 1.